The van der Waals surface area contributed by atoms with Crippen molar-refractivity contribution in [1.82, 2.24) is 14.8 Å². The van der Waals surface area contributed by atoms with Crippen LogP contribution in [0, 0.1) is 6.92 Å². The molecule has 0 aliphatic heterocycles. The molecule has 2 rings (SSSR count). The largest absolute Gasteiger partial charge is 0.428 e. The Labute approximate surface area is 113 Å². The third-order valence-electron chi connectivity index (χ3n) is 2.60. The molecule has 1 N–H and O–H groups in total. The number of halogens is 1. The lowest BCUT2D eigenvalue weighted by molar-refractivity contribution is 0.101. The predicted octanol–water partition coefficient (Wildman–Crippen LogP) is 2.29. The highest BCUT2D eigenvalue weighted by molar-refractivity contribution is 9.10. The minimum absolute atomic E-state index is 0.187. The molecule has 0 spiro atoms. The molecule has 0 saturated heterocycles. The number of amides is 1. The van der Waals surface area contributed by atoms with Gasteiger partial charge >= 0.3 is 6.01 Å². The van der Waals surface area contributed by atoms with Crippen molar-refractivity contribution in [3.63, 3.8) is 0 Å². The summed E-state index contributed by atoms with van der Waals surface area (Å²) in [5.74, 6) is 0.372. The van der Waals surface area contributed by atoms with Gasteiger partial charge in [0, 0.05) is 13.5 Å². The van der Waals surface area contributed by atoms with Crippen molar-refractivity contribution >= 4 is 27.9 Å². The number of rotatable bonds is 3. The summed E-state index contributed by atoms with van der Waals surface area (Å²) in [6, 6.07) is 0.187. The monoisotopic (exact) mass is 312 g/mol. The van der Waals surface area contributed by atoms with Gasteiger partial charge in [0.1, 0.15) is 5.76 Å². The molecular weight excluding hydrogens is 300 g/mol. The number of carbonyl (C=O) groups is 1. The van der Waals surface area contributed by atoms with Crippen molar-refractivity contribution in [2.75, 3.05) is 5.32 Å². The lowest BCUT2D eigenvalue weighted by atomic mass is 10.3. The van der Waals surface area contributed by atoms with E-state index in [9.17, 15) is 4.79 Å². The molecular formula is C11H13BrN4O2. The van der Waals surface area contributed by atoms with Crippen LogP contribution in [-0.2, 0) is 13.5 Å². The summed E-state index contributed by atoms with van der Waals surface area (Å²) in [7, 11) is 1.78. The highest BCUT2D eigenvalue weighted by Crippen LogP contribution is 2.21. The highest BCUT2D eigenvalue weighted by Gasteiger charge is 2.19. The minimum atomic E-state index is -0.352. The van der Waals surface area contributed by atoms with Gasteiger partial charge in [-0.05, 0) is 22.9 Å². The van der Waals surface area contributed by atoms with Crippen LogP contribution in [0.4, 0.5) is 6.01 Å². The van der Waals surface area contributed by atoms with Gasteiger partial charge < -0.3 is 4.42 Å². The summed E-state index contributed by atoms with van der Waals surface area (Å²) in [6.07, 6.45) is 2.32. The van der Waals surface area contributed by atoms with E-state index in [0.717, 1.165) is 17.9 Å². The van der Waals surface area contributed by atoms with Crippen molar-refractivity contribution in [2.45, 2.75) is 20.3 Å². The lowest BCUT2D eigenvalue weighted by Gasteiger charge is -1.97. The molecule has 0 unspecified atom stereocenters. The van der Waals surface area contributed by atoms with Crippen LogP contribution in [0.25, 0.3) is 0 Å². The van der Waals surface area contributed by atoms with E-state index in [4.69, 9.17) is 4.42 Å². The molecule has 96 valence electrons. The molecule has 0 aliphatic rings. The number of oxazole rings is 1. The van der Waals surface area contributed by atoms with E-state index in [-0.39, 0.29) is 11.9 Å². The minimum Gasteiger partial charge on any atom is -0.428 e. The smallest absolute Gasteiger partial charge is 0.301 e. The van der Waals surface area contributed by atoms with Gasteiger partial charge in [0.15, 0.2) is 5.69 Å². The summed E-state index contributed by atoms with van der Waals surface area (Å²) in [4.78, 5) is 15.9. The zero-order valence-electron chi connectivity index (χ0n) is 10.3. The highest BCUT2D eigenvalue weighted by atomic mass is 79.9. The van der Waals surface area contributed by atoms with E-state index in [1.807, 2.05) is 13.8 Å². The van der Waals surface area contributed by atoms with Gasteiger partial charge in [-0.2, -0.15) is 5.10 Å². The van der Waals surface area contributed by atoms with Gasteiger partial charge in [0.05, 0.1) is 16.4 Å². The normalized spacial score (nSPS) is 10.7. The molecule has 0 aliphatic carbocycles. The topological polar surface area (TPSA) is 73.0 Å². The number of anilines is 1. The Bertz CT molecular complexity index is 588. The molecule has 0 atom stereocenters. The lowest BCUT2D eigenvalue weighted by Crippen LogP contribution is -2.13. The Morgan fingerprint density at radius 2 is 2.33 bits per heavy atom. The van der Waals surface area contributed by atoms with Gasteiger partial charge in [-0.25, -0.2) is 4.98 Å². The maximum atomic E-state index is 12.0. The van der Waals surface area contributed by atoms with Gasteiger partial charge in [-0.15, -0.1) is 0 Å². The molecule has 7 heteroatoms. The number of nitrogens with one attached hydrogen (secondary N) is 1. The first-order valence-electron chi connectivity index (χ1n) is 5.48. The summed E-state index contributed by atoms with van der Waals surface area (Å²) in [6.45, 7) is 3.82. The van der Waals surface area contributed by atoms with Crippen LogP contribution >= 0.6 is 15.9 Å². The summed E-state index contributed by atoms with van der Waals surface area (Å²) in [5.41, 5.74) is 1.19. The van der Waals surface area contributed by atoms with Crippen molar-refractivity contribution in [1.29, 1.82) is 0 Å². The zero-order valence-corrected chi connectivity index (χ0v) is 11.9. The average molecular weight is 313 g/mol. The molecule has 0 aromatic carbocycles. The van der Waals surface area contributed by atoms with E-state index in [1.165, 1.54) is 0 Å². The fourth-order valence-corrected chi connectivity index (χ4v) is 1.93. The molecule has 0 saturated carbocycles. The van der Waals surface area contributed by atoms with Crippen LogP contribution in [-0.4, -0.2) is 20.7 Å². The van der Waals surface area contributed by atoms with Crippen LogP contribution in [0.3, 0.4) is 0 Å². The molecule has 0 bridgehead atoms. The Morgan fingerprint density at radius 3 is 2.83 bits per heavy atom. The van der Waals surface area contributed by atoms with Crippen LogP contribution in [0.2, 0.25) is 0 Å². The Balaban J connectivity index is 2.19. The van der Waals surface area contributed by atoms with E-state index in [2.05, 4.69) is 31.3 Å². The fraction of sp³-hybridized carbons (Fsp3) is 0.364. The van der Waals surface area contributed by atoms with Crippen LogP contribution < -0.4 is 5.32 Å². The van der Waals surface area contributed by atoms with Crippen molar-refractivity contribution in [3.8, 4) is 0 Å². The number of aryl methyl sites for hydroxylation is 2. The first-order valence-corrected chi connectivity index (χ1v) is 6.27. The maximum absolute atomic E-state index is 12.0. The maximum Gasteiger partial charge on any atom is 0.301 e. The van der Waals surface area contributed by atoms with E-state index < -0.39 is 0 Å². The Hall–Kier alpha value is -1.63. The second-order valence-corrected chi connectivity index (χ2v) is 4.60. The molecule has 2 aromatic rings. The Kier molecular flexibility index (Phi) is 3.51. The zero-order chi connectivity index (χ0) is 13.3. The number of nitrogens with zero attached hydrogens (tertiary/aromatic N) is 3. The average Bonchev–Trinajstić information content (AvgIpc) is 2.89. The first kappa shape index (κ1) is 12.8. The standard InChI is InChI=1S/C11H13BrN4O2/c1-4-7-5-13-11(18-7)14-10(17)9-8(12)6(2)16(3)15-9/h5H,4H2,1-3H3,(H,13,14,17). The van der Waals surface area contributed by atoms with Gasteiger partial charge in [-0.3, -0.25) is 14.8 Å². The van der Waals surface area contributed by atoms with E-state index in [0.29, 0.717) is 10.2 Å². The van der Waals surface area contributed by atoms with E-state index >= 15 is 0 Å². The SMILES string of the molecule is CCc1cnc(NC(=O)c2nn(C)c(C)c2Br)o1. The van der Waals surface area contributed by atoms with Crippen molar-refractivity contribution < 1.29 is 9.21 Å². The molecule has 6 nitrogen and oxygen atoms in total. The van der Waals surface area contributed by atoms with Crippen LogP contribution in [0.1, 0.15) is 28.9 Å². The van der Waals surface area contributed by atoms with Crippen LogP contribution in [0.5, 0.6) is 0 Å². The summed E-state index contributed by atoms with van der Waals surface area (Å²) >= 11 is 3.34. The second-order valence-electron chi connectivity index (χ2n) is 3.81. The third kappa shape index (κ3) is 2.31. The number of aromatic nitrogens is 3. The van der Waals surface area contributed by atoms with Crippen molar-refractivity contribution in [3.05, 3.63) is 27.8 Å². The molecule has 2 heterocycles. The fourth-order valence-electron chi connectivity index (χ4n) is 1.41. The van der Waals surface area contributed by atoms with Gasteiger partial charge in [0.2, 0.25) is 0 Å². The molecule has 18 heavy (non-hydrogen) atoms. The van der Waals surface area contributed by atoms with Crippen molar-refractivity contribution in [2.24, 2.45) is 7.05 Å². The molecule has 1 amide bonds. The first-order chi connectivity index (χ1) is 8.52. The van der Waals surface area contributed by atoms with Crippen LogP contribution in [0.15, 0.2) is 15.1 Å². The number of hydrogen-bond acceptors (Lipinski definition) is 4. The summed E-state index contributed by atoms with van der Waals surface area (Å²) < 4.78 is 7.61. The number of carbonyl (C=O) groups excluding carboxylic acids is 1. The van der Waals surface area contributed by atoms with Gasteiger partial charge in [0.25, 0.3) is 5.91 Å². The van der Waals surface area contributed by atoms with E-state index in [1.54, 1.807) is 17.9 Å². The molecule has 0 radical (unpaired) electrons. The second kappa shape index (κ2) is 4.93. The van der Waals surface area contributed by atoms with Gasteiger partial charge in [-0.1, -0.05) is 6.92 Å². The molecule has 2 aromatic heterocycles. The quantitative estimate of drug-likeness (QED) is 0.943. The third-order valence-corrected chi connectivity index (χ3v) is 3.55. The summed E-state index contributed by atoms with van der Waals surface area (Å²) in [5, 5.41) is 6.69. The predicted molar refractivity (Wildman–Crippen MR) is 69.5 cm³/mol. The molecule has 0 fully saturated rings. The number of hydrogen-bond donors (Lipinski definition) is 1. The Morgan fingerprint density at radius 1 is 1.61 bits per heavy atom.